The number of carbonyl (C=O) groups excluding carboxylic acids is 3. The average Bonchev–Trinajstić information content (AvgIpc) is 3.38. The number of hydrogen-bond donors (Lipinski definition) is 2. The smallest absolute Gasteiger partial charge is 0.325 e. The molecule has 30 heavy (non-hydrogen) atoms. The highest BCUT2D eigenvalue weighted by atomic mass is 16.2. The van der Waals surface area contributed by atoms with Crippen LogP contribution in [0.1, 0.15) is 49.6 Å². The Hall–Kier alpha value is -3.16. The first kappa shape index (κ1) is 20.1. The van der Waals surface area contributed by atoms with Gasteiger partial charge in [-0.15, -0.1) is 0 Å². The van der Waals surface area contributed by atoms with Crippen LogP contribution in [0.4, 0.5) is 4.79 Å². The zero-order valence-electron chi connectivity index (χ0n) is 17.6. The first-order valence-electron chi connectivity index (χ1n) is 10.4. The standard InChI is InChI=1S/C22H27N5O3/c1-14-18(15(2)27(25-14)17-9-5-4-6-10-17)13-23-19(28)16(3)26-20(29)22(24-21(26)30)11-7-8-12-22/h4-6,9-10,16H,7-8,11-13H2,1-3H3,(H,23,28)(H,24,30). The van der Waals surface area contributed by atoms with Gasteiger partial charge >= 0.3 is 6.03 Å². The van der Waals surface area contributed by atoms with E-state index in [0.717, 1.165) is 40.4 Å². The summed E-state index contributed by atoms with van der Waals surface area (Å²) in [5, 5.41) is 10.3. The molecule has 8 nitrogen and oxygen atoms in total. The third kappa shape index (κ3) is 3.26. The number of imide groups is 1. The predicted molar refractivity (Wildman–Crippen MR) is 111 cm³/mol. The Balaban J connectivity index is 1.46. The number of hydrogen-bond acceptors (Lipinski definition) is 4. The minimum atomic E-state index is -0.873. The summed E-state index contributed by atoms with van der Waals surface area (Å²) in [5.74, 6) is -0.642. The first-order chi connectivity index (χ1) is 14.3. The van der Waals surface area contributed by atoms with E-state index in [-0.39, 0.29) is 18.4 Å². The molecular weight excluding hydrogens is 382 g/mol. The number of nitrogens with zero attached hydrogens (tertiary/aromatic N) is 3. The highest BCUT2D eigenvalue weighted by Crippen LogP contribution is 2.35. The lowest BCUT2D eigenvalue weighted by molar-refractivity contribution is -0.137. The second kappa shape index (κ2) is 7.59. The molecule has 1 saturated heterocycles. The number of aryl methyl sites for hydroxylation is 1. The molecule has 8 heteroatoms. The molecule has 1 unspecified atom stereocenters. The van der Waals surface area contributed by atoms with Crippen LogP contribution in [0.15, 0.2) is 30.3 Å². The highest BCUT2D eigenvalue weighted by molar-refractivity contribution is 6.09. The lowest BCUT2D eigenvalue weighted by Gasteiger charge is -2.23. The van der Waals surface area contributed by atoms with Crippen molar-refractivity contribution in [1.29, 1.82) is 0 Å². The van der Waals surface area contributed by atoms with Gasteiger partial charge < -0.3 is 10.6 Å². The number of aromatic nitrogens is 2. The average molecular weight is 409 g/mol. The summed E-state index contributed by atoms with van der Waals surface area (Å²) >= 11 is 0. The van der Waals surface area contributed by atoms with Gasteiger partial charge in [-0.3, -0.25) is 9.59 Å². The van der Waals surface area contributed by atoms with Crippen molar-refractivity contribution in [2.45, 2.75) is 64.6 Å². The third-order valence-corrected chi connectivity index (χ3v) is 6.30. The van der Waals surface area contributed by atoms with Crippen LogP contribution in [-0.2, 0) is 16.1 Å². The number of carbonyl (C=O) groups is 3. The lowest BCUT2D eigenvalue weighted by atomic mass is 9.97. The van der Waals surface area contributed by atoms with Gasteiger partial charge in [-0.05, 0) is 45.7 Å². The molecule has 1 spiro atoms. The number of rotatable bonds is 5. The second-order valence-electron chi connectivity index (χ2n) is 8.19. The second-order valence-corrected chi connectivity index (χ2v) is 8.19. The zero-order chi connectivity index (χ0) is 21.5. The van der Waals surface area contributed by atoms with Crippen molar-refractivity contribution in [2.24, 2.45) is 0 Å². The fraction of sp³-hybridized carbons (Fsp3) is 0.455. The maximum Gasteiger partial charge on any atom is 0.325 e. The maximum atomic E-state index is 12.9. The number of benzene rings is 1. The van der Waals surface area contributed by atoms with E-state index in [9.17, 15) is 14.4 Å². The molecule has 2 aliphatic rings. The van der Waals surface area contributed by atoms with E-state index in [2.05, 4.69) is 15.7 Å². The van der Waals surface area contributed by atoms with Crippen molar-refractivity contribution in [2.75, 3.05) is 0 Å². The van der Waals surface area contributed by atoms with Gasteiger partial charge in [0.1, 0.15) is 11.6 Å². The summed E-state index contributed by atoms with van der Waals surface area (Å²) in [6, 6.07) is 8.44. The first-order valence-corrected chi connectivity index (χ1v) is 10.4. The molecule has 2 aromatic rings. The summed E-state index contributed by atoms with van der Waals surface area (Å²) in [4.78, 5) is 39.2. The number of amides is 4. The van der Waals surface area contributed by atoms with E-state index >= 15 is 0 Å². The van der Waals surface area contributed by atoms with Crippen LogP contribution in [0.5, 0.6) is 0 Å². The highest BCUT2D eigenvalue weighted by Gasteiger charge is 2.54. The Morgan fingerprint density at radius 1 is 1.20 bits per heavy atom. The van der Waals surface area contributed by atoms with Gasteiger partial charge in [-0.1, -0.05) is 31.0 Å². The Morgan fingerprint density at radius 2 is 1.87 bits per heavy atom. The van der Waals surface area contributed by atoms with Gasteiger partial charge in [-0.2, -0.15) is 5.10 Å². The van der Waals surface area contributed by atoms with Crippen molar-refractivity contribution in [3.63, 3.8) is 0 Å². The molecule has 2 N–H and O–H groups in total. The van der Waals surface area contributed by atoms with Crippen LogP contribution in [0.25, 0.3) is 5.69 Å². The SMILES string of the molecule is Cc1nn(-c2ccccc2)c(C)c1CNC(=O)C(C)N1C(=O)NC2(CCCC2)C1=O. The van der Waals surface area contributed by atoms with Crippen LogP contribution < -0.4 is 10.6 Å². The number of para-hydroxylation sites is 1. The molecule has 2 fully saturated rings. The van der Waals surface area contributed by atoms with Crippen LogP contribution in [0, 0.1) is 13.8 Å². The van der Waals surface area contributed by atoms with Crippen LogP contribution in [-0.4, -0.2) is 44.1 Å². The van der Waals surface area contributed by atoms with Crippen molar-refractivity contribution in [1.82, 2.24) is 25.3 Å². The Bertz CT molecular complexity index is 992. The molecule has 2 heterocycles. The summed E-state index contributed by atoms with van der Waals surface area (Å²) in [5.41, 5.74) is 2.82. The van der Waals surface area contributed by atoms with Crippen molar-refractivity contribution in [3.8, 4) is 5.69 Å². The zero-order valence-corrected chi connectivity index (χ0v) is 17.6. The van der Waals surface area contributed by atoms with Crippen molar-refractivity contribution < 1.29 is 14.4 Å². The Kier molecular flexibility index (Phi) is 5.09. The normalized spacial score (nSPS) is 18.7. The summed E-state index contributed by atoms with van der Waals surface area (Å²) < 4.78 is 1.85. The minimum Gasteiger partial charge on any atom is -0.350 e. The summed E-state index contributed by atoms with van der Waals surface area (Å²) in [7, 11) is 0. The monoisotopic (exact) mass is 409 g/mol. The van der Waals surface area contributed by atoms with Crippen molar-refractivity contribution >= 4 is 17.8 Å². The molecule has 4 amide bonds. The van der Waals surface area contributed by atoms with Crippen LogP contribution in [0.3, 0.4) is 0 Å². The van der Waals surface area contributed by atoms with Gasteiger partial charge in [-0.25, -0.2) is 14.4 Å². The molecule has 1 aromatic carbocycles. The predicted octanol–water partition coefficient (Wildman–Crippen LogP) is 2.36. The number of nitrogens with one attached hydrogen (secondary N) is 2. The van der Waals surface area contributed by atoms with E-state index in [1.807, 2.05) is 48.9 Å². The molecule has 1 atom stereocenters. The minimum absolute atomic E-state index is 0.280. The summed E-state index contributed by atoms with van der Waals surface area (Å²) in [6.45, 7) is 5.73. The van der Waals surface area contributed by atoms with E-state index in [4.69, 9.17) is 0 Å². The quantitative estimate of drug-likeness (QED) is 0.741. The molecule has 0 radical (unpaired) electrons. The van der Waals surface area contributed by atoms with Gasteiger partial charge in [0.05, 0.1) is 11.4 Å². The van der Waals surface area contributed by atoms with Crippen molar-refractivity contribution in [3.05, 3.63) is 47.3 Å². The third-order valence-electron chi connectivity index (χ3n) is 6.30. The van der Waals surface area contributed by atoms with Gasteiger partial charge in [0.25, 0.3) is 5.91 Å². The molecular formula is C22H27N5O3. The molecule has 1 aromatic heterocycles. The van der Waals surface area contributed by atoms with Gasteiger partial charge in [0.2, 0.25) is 5.91 Å². The molecule has 1 aliphatic carbocycles. The van der Waals surface area contributed by atoms with Crippen LogP contribution in [0.2, 0.25) is 0 Å². The molecule has 0 bridgehead atoms. The molecule has 4 rings (SSSR count). The Labute approximate surface area is 175 Å². The van der Waals surface area contributed by atoms with E-state index < -0.39 is 17.6 Å². The lowest BCUT2D eigenvalue weighted by Crippen LogP contribution is -2.49. The van der Waals surface area contributed by atoms with Crippen LogP contribution >= 0.6 is 0 Å². The molecule has 158 valence electrons. The number of urea groups is 1. The fourth-order valence-corrected chi connectivity index (χ4v) is 4.50. The van der Waals surface area contributed by atoms with E-state index in [0.29, 0.717) is 12.8 Å². The molecule has 1 saturated carbocycles. The largest absolute Gasteiger partial charge is 0.350 e. The maximum absolute atomic E-state index is 12.9. The summed E-state index contributed by atoms with van der Waals surface area (Å²) in [6.07, 6.45) is 3.09. The Morgan fingerprint density at radius 3 is 2.53 bits per heavy atom. The fourth-order valence-electron chi connectivity index (χ4n) is 4.50. The molecule has 1 aliphatic heterocycles. The van der Waals surface area contributed by atoms with E-state index in [1.54, 1.807) is 6.92 Å². The topological polar surface area (TPSA) is 96.3 Å². The van der Waals surface area contributed by atoms with E-state index in [1.165, 1.54) is 0 Å². The van der Waals surface area contributed by atoms with Gasteiger partial charge in [0, 0.05) is 17.8 Å². The van der Waals surface area contributed by atoms with Gasteiger partial charge in [0.15, 0.2) is 0 Å².